The Morgan fingerprint density at radius 1 is 0.943 bits per heavy atom. The van der Waals surface area contributed by atoms with Crippen LogP contribution in [0.1, 0.15) is 12.0 Å². The molecule has 8 nitrogen and oxygen atoms in total. The van der Waals surface area contributed by atoms with E-state index < -0.39 is 35.7 Å². The maximum absolute atomic E-state index is 13.1. The lowest BCUT2D eigenvalue weighted by atomic mass is 10.1. The highest BCUT2D eigenvalue weighted by Gasteiger charge is 2.44. The minimum absolute atomic E-state index is 0.0949. The first-order valence-corrected chi connectivity index (χ1v) is 11.2. The van der Waals surface area contributed by atoms with Crippen LogP contribution in [-0.2, 0) is 20.6 Å². The molecule has 5 rings (SSSR count). The summed E-state index contributed by atoms with van der Waals surface area (Å²) in [5, 5.41) is 0. The summed E-state index contributed by atoms with van der Waals surface area (Å²) in [5.74, 6) is -0.255. The second kappa shape index (κ2) is 8.88. The van der Waals surface area contributed by atoms with Gasteiger partial charge in [-0.15, -0.1) is 0 Å². The van der Waals surface area contributed by atoms with Crippen LogP contribution >= 0.6 is 0 Å². The van der Waals surface area contributed by atoms with E-state index in [9.17, 15) is 27.6 Å². The number of ether oxygens (including phenoxy) is 2. The van der Waals surface area contributed by atoms with Gasteiger partial charge in [0.25, 0.3) is 11.8 Å². The number of hydrogen-bond donors (Lipinski definition) is 0. The van der Waals surface area contributed by atoms with Gasteiger partial charge in [-0.3, -0.25) is 19.3 Å². The Labute approximate surface area is 198 Å². The predicted molar refractivity (Wildman–Crippen MR) is 117 cm³/mol. The minimum atomic E-state index is -4.58. The topological polar surface area (TPSA) is 79.4 Å². The first-order valence-electron chi connectivity index (χ1n) is 11.2. The largest absolute Gasteiger partial charge is 0.485 e. The fraction of sp³-hybridized carbons (Fsp3) is 0.375. The Bertz CT molecular complexity index is 1160. The highest BCUT2D eigenvalue weighted by molar-refractivity contribution is 6.22. The van der Waals surface area contributed by atoms with Crippen molar-refractivity contribution in [2.24, 2.45) is 0 Å². The van der Waals surface area contributed by atoms with Crippen LogP contribution in [0, 0.1) is 0 Å². The summed E-state index contributed by atoms with van der Waals surface area (Å²) in [6.07, 6.45) is -5.49. The third kappa shape index (κ3) is 4.43. The molecule has 0 N–H and O–H groups in total. The molecule has 2 aromatic rings. The van der Waals surface area contributed by atoms with Gasteiger partial charge >= 0.3 is 6.18 Å². The summed E-state index contributed by atoms with van der Waals surface area (Å²) >= 11 is 0. The Hall–Kier alpha value is -3.60. The number of rotatable bonds is 3. The van der Waals surface area contributed by atoms with Gasteiger partial charge in [-0.1, -0.05) is 18.2 Å². The monoisotopic (exact) mass is 489 g/mol. The number of alkyl halides is 3. The number of halogens is 3. The maximum atomic E-state index is 13.1. The van der Waals surface area contributed by atoms with Crippen molar-refractivity contribution in [1.82, 2.24) is 9.80 Å². The Morgan fingerprint density at radius 3 is 2.37 bits per heavy atom. The zero-order chi connectivity index (χ0) is 24.7. The standard InChI is InChI=1S/C24H22F3N3O5/c25-24(26,27)15-4-3-5-16(12-15)30-21(31)13-17(22(30)32)28-8-10-29(11-9-28)23(33)20-14-34-18-6-1-2-7-19(18)35-20/h1-7,12,17,20H,8-11,13-14H2/t17-,20+/m1/s1. The number of amides is 3. The lowest BCUT2D eigenvalue weighted by Gasteiger charge is -2.38. The normalized spacial score (nSPS) is 23.1. The lowest BCUT2D eigenvalue weighted by molar-refractivity contribution is -0.143. The quantitative estimate of drug-likeness (QED) is 0.616. The molecule has 3 aliphatic heterocycles. The van der Waals surface area contributed by atoms with Crippen molar-refractivity contribution in [3.8, 4) is 11.5 Å². The first-order chi connectivity index (χ1) is 16.7. The van der Waals surface area contributed by atoms with E-state index in [1.807, 2.05) is 6.07 Å². The van der Waals surface area contributed by atoms with Crippen LogP contribution in [0.15, 0.2) is 48.5 Å². The number of para-hydroxylation sites is 2. The van der Waals surface area contributed by atoms with Gasteiger partial charge in [0.15, 0.2) is 11.5 Å². The van der Waals surface area contributed by atoms with Gasteiger partial charge in [-0.2, -0.15) is 13.2 Å². The summed E-state index contributed by atoms with van der Waals surface area (Å²) in [7, 11) is 0. The molecule has 3 amide bonds. The maximum Gasteiger partial charge on any atom is 0.416 e. The summed E-state index contributed by atoms with van der Waals surface area (Å²) in [6.45, 7) is 1.42. The van der Waals surface area contributed by atoms with E-state index in [1.54, 1.807) is 28.0 Å². The lowest BCUT2D eigenvalue weighted by Crippen LogP contribution is -2.57. The fourth-order valence-corrected chi connectivity index (χ4v) is 4.59. The summed E-state index contributed by atoms with van der Waals surface area (Å²) in [5.41, 5.74) is -1.02. The molecule has 0 saturated carbocycles. The highest BCUT2D eigenvalue weighted by Crippen LogP contribution is 2.34. The molecular weight excluding hydrogens is 467 g/mol. The van der Waals surface area contributed by atoms with Gasteiger partial charge in [-0.25, -0.2) is 4.90 Å². The Balaban J connectivity index is 1.21. The van der Waals surface area contributed by atoms with Crippen LogP contribution in [0.2, 0.25) is 0 Å². The molecule has 0 aliphatic carbocycles. The molecule has 0 radical (unpaired) electrons. The van der Waals surface area contributed by atoms with Gasteiger partial charge in [0, 0.05) is 26.2 Å². The number of piperazine rings is 1. The summed E-state index contributed by atoms with van der Waals surface area (Å²) in [6, 6.07) is 10.5. The van der Waals surface area contributed by atoms with Crippen molar-refractivity contribution in [3.05, 3.63) is 54.1 Å². The number of benzene rings is 2. The van der Waals surface area contributed by atoms with E-state index in [1.165, 1.54) is 12.1 Å². The van der Waals surface area contributed by atoms with Gasteiger partial charge in [0.2, 0.25) is 12.0 Å². The number of fused-ring (bicyclic) bond motifs is 1. The summed E-state index contributed by atoms with van der Waals surface area (Å²) < 4.78 is 50.6. The van der Waals surface area contributed by atoms with E-state index in [4.69, 9.17) is 9.47 Å². The molecule has 2 fully saturated rings. The SMILES string of the molecule is O=C([C@@H]1COc2ccccc2O1)N1CCN([C@@H]2CC(=O)N(c3cccc(C(F)(F)F)c3)C2=O)CC1. The molecule has 2 aromatic carbocycles. The molecule has 0 unspecified atom stereocenters. The molecule has 2 atom stereocenters. The van der Waals surface area contributed by atoms with Gasteiger partial charge in [0.05, 0.1) is 23.7 Å². The van der Waals surface area contributed by atoms with Crippen molar-refractivity contribution >= 4 is 23.4 Å². The zero-order valence-corrected chi connectivity index (χ0v) is 18.5. The van der Waals surface area contributed by atoms with E-state index >= 15 is 0 Å². The number of carbonyl (C=O) groups excluding carboxylic acids is 3. The molecule has 184 valence electrons. The third-order valence-corrected chi connectivity index (χ3v) is 6.41. The number of nitrogens with zero attached hydrogens (tertiary/aromatic N) is 3. The van der Waals surface area contributed by atoms with Crippen LogP contribution in [0.3, 0.4) is 0 Å². The summed E-state index contributed by atoms with van der Waals surface area (Å²) in [4.78, 5) is 42.8. The molecule has 3 heterocycles. The Morgan fingerprint density at radius 2 is 1.66 bits per heavy atom. The van der Waals surface area contributed by atoms with Crippen molar-refractivity contribution < 1.29 is 37.0 Å². The van der Waals surface area contributed by atoms with Crippen LogP contribution in [0.5, 0.6) is 11.5 Å². The van der Waals surface area contributed by atoms with Crippen LogP contribution in [-0.4, -0.2) is 72.5 Å². The van der Waals surface area contributed by atoms with E-state index in [0.717, 1.165) is 17.0 Å². The van der Waals surface area contributed by atoms with Crippen LogP contribution < -0.4 is 14.4 Å². The van der Waals surface area contributed by atoms with Crippen molar-refractivity contribution in [3.63, 3.8) is 0 Å². The molecular formula is C24H22F3N3O5. The average molecular weight is 489 g/mol. The van der Waals surface area contributed by atoms with Gasteiger partial charge < -0.3 is 14.4 Å². The van der Waals surface area contributed by atoms with E-state index in [2.05, 4.69) is 0 Å². The van der Waals surface area contributed by atoms with Crippen molar-refractivity contribution in [2.45, 2.75) is 24.7 Å². The van der Waals surface area contributed by atoms with Gasteiger partial charge in [-0.05, 0) is 30.3 Å². The molecule has 2 saturated heterocycles. The van der Waals surface area contributed by atoms with E-state index in [-0.39, 0.29) is 24.6 Å². The second-order valence-electron chi connectivity index (χ2n) is 8.56. The Kier molecular flexibility index (Phi) is 5.87. The number of hydrogen-bond acceptors (Lipinski definition) is 6. The molecule has 3 aliphatic rings. The van der Waals surface area contributed by atoms with Gasteiger partial charge in [0.1, 0.15) is 6.61 Å². The molecule has 0 spiro atoms. The average Bonchev–Trinajstić information content (AvgIpc) is 3.16. The second-order valence-corrected chi connectivity index (χ2v) is 8.56. The molecule has 11 heteroatoms. The van der Waals surface area contributed by atoms with Crippen molar-refractivity contribution in [1.29, 1.82) is 0 Å². The number of carbonyl (C=O) groups is 3. The molecule has 35 heavy (non-hydrogen) atoms. The first kappa shape index (κ1) is 23.2. The molecule has 0 bridgehead atoms. The minimum Gasteiger partial charge on any atom is -0.485 e. The van der Waals surface area contributed by atoms with Crippen LogP contribution in [0.25, 0.3) is 0 Å². The van der Waals surface area contributed by atoms with Crippen molar-refractivity contribution in [2.75, 3.05) is 37.7 Å². The predicted octanol–water partition coefficient (Wildman–Crippen LogP) is 2.32. The molecule has 0 aromatic heterocycles. The number of anilines is 1. The van der Waals surface area contributed by atoms with E-state index in [0.29, 0.717) is 37.7 Å². The highest BCUT2D eigenvalue weighted by atomic mass is 19.4. The van der Waals surface area contributed by atoms with Crippen LogP contribution in [0.4, 0.5) is 18.9 Å². The fourth-order valence-electron chi connectivity index (χ4n) is 4.59. The smallest absolute Gasteiger partial charge is 0.416 e. The number of imide groups is 1. The third-order valence-electron chi connectivity index (χ3n) is 6.41. The zero-order valence-electron chi connectivity index (χ0n) is 18.5.